The van der Waals surface area contributed by atoms with Crippen molar-refractivity contribution in [2.75, 3.05) is 24.9 Å². The van der Waals surface area contributed by atoms with E-state index in [1.54, 1.807) is 26.4 Å². The van der Waals surface area contributed by atoms with Crippen molar-refractivity contribution in [1.29, 1.82) is 0 Å². The van der Waals surface area contributed by atoms with E-state index in [0.717, 1.165) is 11.6 Å². The van der Waals surface area contributed by atoms with Gasteiger partial charge in [0.2, 0.25) is 0 Å². The minimum Gasteiger partial charge on any atom is -0.497 e. The minimum absolute atomic E-state index is 0.140. The molecule has 1 amide bonds. The van der Waals surface area contributed by atoms with Crippen LogP contribution in [0.2, 0.25) is 0 Å². The predicted molar refractivity (Wildman–Crippen MR) is 134 cm³/mol. The Bertz CT molecular complexity index is 1230. The number of methoxy groups -OCH3 is 2. The zero-order valence-corrected chi connectivity index (χ0v) is 19.6. The number of amides is 1. The number of hydrogen-bond acceptors (Lipinski definition) is 4. The Kier molecular flexibility index (Phi) is 5.20. The molecule has 174 valence electrons. The second-order valence-corrected chi connectivity index (χ2v) is 9.79. The molecule has 0 radical (unpaired) electrons. The molecule has 5 nitrogen and oxygen atoms in total. The fraction of sp³-hybridized carbons (Fsp3) is 0.345. The Hall–Kier alpha value is -3.47. The number of nitrogens with one attached hydrogen (secondary N) is 2. The fourth-order valence-corrected chi connectivity index (χ4v) is 6.72. The minimum atomic E-state index is -0.140. The smallest absolute Gasteiger partial charge is 0.255 e. The second kappa shape index (κ2) is 8.39. The van der Waals surface area contributed by atoms with Crippen LogP contribution in [0.15, 0.2) is 66.7 Å². The van der Waals surface area contributed by atoms with E-state index < -0.39 is 0 Å². The molecule has 2 N–H and O–H groups in total. The molecule has 5 atom stereocenters. The first-order chi connectivity index (χ1) is 16.7. The standard InChI is InChI=1S/C29H30N2O3/c1-33-21-11-13-25(34-2)24(16-21)31-29(32)20-10-12-23-22(15-20)26-18-8-9-19(14-18)27(26)28(30-23)17-6-4-3-5-7-17/h3-7,10-13,15-16,18-19,26-28,30H,8-9,14H2,1-2H3,(H,31,32)/t18-,19-,26-,27-,28+/m0/s1. The highest BCUT2D eigenvalue weighted by atomic mass is 16.5. The van der Waals surface area contributed by atoms with Crippen molar-refractivity contribution in [3.05, 3.63) is 83.4 Å². The van der Waals surface area contributed by atoms with E-state index in [4.69, 9.17) is 9.47 Å². The van der Waals surface area contributed by atoms with Gasteiger partial charge in [-0.1, -0.05) is 30.3 Å². The van der Waals surface area contributed by atoms with Crippen LogP contribution >= 0.6 is 0 Å². The number of fused-ring (bicyclic) bond motifs is 7. The van der Waals surface area contributed by atoms with Gasteiger partial charge in [-0.25, -0.2) is 0 Å². The van der Waals surface area contributed by atoms with Gasteiger partial charge in [-0.05, 0) is 84.4 Å². The molecule has 1 heterocycles. The highest BCUT2D eigenvalue weighted by Gasteiger charge is 2.53. The first-order valence-corrected chi connectivity index (χ1v) is 12.1. The summed E-state index contributed by atoms with van der Waals surface area (Å²) >= 11 is 0. The lowest BCUT2D eigenvalue weighted by atomic mass is 9.68. The SMILES string of the molecule is COc1ccc(OC)c(NC(=O)c2ccc3c(c2)[C@@H]2[C@H]4CC[C@@H](C4)[C@@H]2[C@@H](c2ccccc2)N3)c1. The average Bonchev–Trinajstić information content (AvgIpc) is 3.51. The molecule has 1 aliphatic heterocycles. The van der Waals surface area contributed by atoms with Crippen LogP contribution in [-0.2, 0) is 0 Å². The first kappa shape index (κ1) is 21.1. The van der Waals surface area contributed by atoms with E-state index in [-0.39, 0.29) is 5.91 Å². The van der Waals surface area contributed by atoms with Crippen molar-refractivity contribution < 1.29 is 14.3 Å². The lowest BCUT2D eigenvalue weighted by Crippen LogP contribution is -2.35. The van der Waals surface area contributed by atoms with Crippen molar-refractivity contribution in [2.24, 2.45) is 17.8 Å². The monoisotopic (exact) mass is 454 g/mol. The number of carbonyl (C=O) groups is 1. The Balaban J connectivity index is 1.33. The third-order valence-electron chi connectivity index (χ3n) is 8.16. The Labute approximate surface area is 200 Å². The lowest BCUT2D eigenvalue weighted by molar-refractivity contribution is 0.102. The largest absolute Gasteiger partial charge is 0.497 e. The van der Waals surface area contributed by atoms with E-state index in [1.807, 2.05) is 12.1 Å². The van der Waals surface area contributed by atoms with E-state index in [9.17, 15) is 4.79 Å². The van der Waals surface area contributed by atoms with Gasteiger partial charge in [0.25, 0.3) is 5.91 Å². The van der Waals surface area contributed by atoms with Crippen molar-refractivity contribution in [3.8, 4) is 11.5 Å². The topological polar surface area (TPSA) is 59.6 Å². The molecule has 0 aromatic heterocycles. The molecule has 3 aromatic rings. The van der Waals surface area contributed by atoms with Gasteiger partial charge in [0.1, 0.15) is 11.5 Å². The highest BCUT2D eigenvalue weighted by molar-refractivity contribution is 6.05. The summed E-state index contributed by atoms with van der Waals surface area (Å²) in [6.07, 6.45) is 3.92. The number of benzene rings is 3. The van der Waals surface area contributed by atoms with Crippen molar-refractivity contribution in [2.45, 2.75) is 31.2 Å². The summed E-state index contributed by atoms with van der Waals surface area (Å²) in [7, 11) is 3.21. The molecule has 3 aromatic carbocycles. The van der Waals surface area contributed by atoms with E-state index in [1.165, 1.54) is 30.4 Å². The predicted octanol–water partition coefficient (Wildman–Crippen LogP) is 6.25. The molecule has 2 fully saturated rings. The van der Waals surface area contributed by atoms with Crippen LogP contribution in [0.3, 0.4) is 0 Å². The zero-order chi connectivity index (χ0) is 23.2. The molecule has 0 unspecified atom stereocenters. The molecule has 2 aliphatic carbocycles. The van der Waals surface area contributed by atoms with Crippen LogP contribution in [0.1, 0.15) is 52.7 Å². The summed E-state index contributed by atoms with van der Waals surface area (Å²) in [6, 6.07) is 22.7. The lowest BCUT2D eigenvalue weighted by Gasteiger charge is -2.43. The maximum Gasteiger partial charge on any atom is 0.255 e. The number of hydrogen-bond donors (Lipinski definition) is 2. The summed E-state index contributed by atoms with van der Waals surface area (Å²) in [5.74, 6) is 3.66. The van der Waals surface area contributed by atoms with Crippen molar-refractivity contribution in [1.82, 2.24) is 0 Å². The van der Waals surface area contributed by atoms with Crippen LogP contribution in [0.5, 0.6) is 11.5 Å². The van der Waals surface area contributed by atoms with Gasteiger partial charge >= 0.3 is 0 Å². The third-order valence-corrected chi connectivity index (χ3v) is 8.16. The van der Waals surface area contributed by atoms with E-state index in [2.05, 4.69) is 53.1 Å². The zero-order valence-electron chi connectivity index (χ0n) is 19.6. The summed E-state index contributed by atoms with van der Waals surface area (Å²) in [6.45, 7) is 0. The van der Waals surface area contributed by atoms with Gasteiger partial charge in [-0.2, -0.15) is 0 Å². The van der Waals surface area contributed by atoms with Gasteiger partial charge in [0, 0.05) is 17.3 Å². The quantitative estimate of drug-likeness (QED) is 0.478. The Morgan fingerprint density at radius 2 is 1.76 bits per heavy atom. The van der Waals surface area contributed by atoms with Gasteiger partial charge in [0.15, 0.2) is 0 Å². The number of anilines is 2. The maximum absolute atomic E-state index is 13.3. The maximum atomic E-state index is 13.3. The molecule has 0 saturated heterocycles. The fourth-order valence-electron chi connectivity index (χ4n) is 6.72. The Morgan fingerprint density at radius 1 is 0.941 bits per heavy atom. The van der Waals surface area contributed by atoms with Gasteiger partial charge in [-0.15, -0.1) is 0 Å². The van der Waals surface area contributed by atoms with Crippen LogP contribution in [0.25, 0.3) is 0 Å². The van der Waals surface area contributed by atoms with Crippen LogP contribution in [0, 0.1) is 17.8 Å². The molecule has 0 spiro atoms. The molecule has 6 rings (SSSR count). The summed E-state index contributed by atoms with van der Waals surface area (Å²) in [5.41, 5.74) is 5.10. The summed E-state index contributed by atoms with van der Waals surface area (Å²) in [5, 5.41) is 6.87. The van der Waals surface area contributed by atoms with E-state index >= 15 is 0 Å². The molecule has 34 heavy (non-hydrogen) atoms. The molecule has 2 bridgehead atoms. The number of ether oxygens (including phenoxy) is 2. The number of rotatable bonds is 5. The molecular formula is C29H30N2O3. The highest BCUT2D eigenvalue weighted by Crippen LogP contribution is 2.63. The average molecular weight is 455 g/mol. The van der Waals surface area contributed by atoms with Crippen LogP contribution < -0.4 is 20.1 Å². The van der Waals surface area contributed by atoms with Crippen LogP contribution in [0.4, 0.5) is 11.4 Å². The first-order valence-electron chi connectivity index (χ1n) is 12.1. The van der Waals surface area contributed by atoms with Crippen LogP contribution in [-0.4, -0.2) is 20.1 Å². The second-order valence-electron chi connectivity index (χ2n) is 9.79. The normalized spacial score (nSPS) is 26.2. The van der Waals surface area contributed by atoms with Crippen molar-refractivity contribution in [3.63, 3.8) is 0 Å². The molecule has 3 aliphatic rings. The van der Waals surface area contributed by atoms with Gasteiger partial charge in [-0.3, -0.25) is 4.79 Å². The number of carbonyl (C=O) groups excluding carboxylic acids is 1. The molecule has 2 saturated carbocycles. The van der Waals surface area contributed by atoms with Crippen molar-refractivity contribution >= 4 is 17.3 Å². The third kappa shape index (κ3) is 3.42. The van der Waals surface area contributed by atoms with E-state index in [0.29, 0.717) is 46.5 Å². The molecular weight excluding hydrogens is 424 g/mol. The Morgan fingerprint density at radius 3 is 2.56 bits per heavy atom. The summed E-state index contributed by atoms with van der Waals surface area (Å²) in [4.78, 5) is 13.3. The summed E-state index contributed by atoms with van der Waals surface area (Å²) < 4.78 is 10.8. The van der Waals surface area contributed by atoms with Gasteiger partial charge in [0.05, 0.1) is 25.9 Å². The van der Waals surface area contributed by atoms with Gasteiger partial charge < -0.3 is 20.1 Å². The molecule has 5 heteroatoms.